The number of aromatic nitrogens is 2. The Hall–Kier alpha value is -3.90. The van der Waals surface area contributed by atoms with E-state index in [1.165, 1.54) is 0 Å². The molecule has 0 radical (unpaired) electrons. The first-order valence-electron chi connectivity index (χ1n) is 11.3. The van der Waals surface area contributed by atoms with E-state index in [9.17, 15) is 4.79 Å². The van der Waals surface area contributed by atoms with Crippen LogP contribution in [0.3, 0.4) is 0 Å². The Labute approximate surface area is 200 Å². The van der Waals surface area contributed by atoms with Gasteiger partial charge in [-0.15, -0.1) is 0 Å². The fourth-order valence-electron chi connectivity index (χ4n) is 3.85. The number of carbonyl (C=O) groups excluding carboxylic acids is 1. The van der Waals surface area contributed by atoms with Crippen molar-refractivity contribution in [2.24, 2.45) is 7.05 Å². The first-order chi connectivity index (χ1) is 16.6. The van der Waals surface area contributed by atoms with Crippen LogP contribution in [0.2, 0.25) is 0 Å². The lowest BCUT2D eigenvalue weighted by Crippen LogP contribution is -2.33. The molecule has 1 heterocycles. The molecule has 3 aromatic carbocycles. The molecular weight excluding hydrogens is 426 g/mol. The predicted octanol–water partition coefficient (Wildman–Crippen LogP) is 5.48. The molecule has 0 aliphatic rings. The molecule has 4 aromatic rings. The third kappa shape index (κ3) is 5.35. The largest absolute Gasteiger partial charge is 0.439 e. The Bertz CT molecular complexity index is 1240. The topological polar surface area (TPSA) is 56.6 Å². The number of benzene rings is 3. The van der Waals surface area contributed by atoms with Crippen LogP contribution >= 0.6 is 0 Å². The summed E-state index contributed by atoms with van der Waals surface area (Å²) in [5.74, 6) is 1.26. The molecule has 0 saturated carbocycles. The second-order valence-electron chi connectivity index (χ2n) is 8.13. The second kappa shape index (κ2) is 10.8. The molecule has 0 atom stereocenters. The highest BCUT2D eigenvalue weighted by Gasteiger charge is 2.25. The summed E-state index contributed by atoms with van der Waals surface area (Å²) in [5, 5.41) is 4.79. The number of ether oxygens (including phenoxy) is 2. The van der Waals surface area contributed by atoms with Gasteiger partial charge in [-0.25, -0.2) is 4.68 Å². The van der Waals surface area contributed by atoms with E-state index in [1.807, 2.05) is 98.9 Å². The molecule has 34 heavy (non-hydrogen) atoms. The Morgan fingerprint density at radius 2 is 1.68 bits per heavy atom. The molecule has 6 heteroatoms. The van der Waals surface area contributed by atoms with Crippen LogP contribution in [-0.2, 0) is 18.3 Å². The zero-order valence-electron chi connectivity index (χ0n) is 19.8. The summed E-state index contributed by atoms with van der Waals surface area (Å²) in [6, 6.07) is 27.1. The molecule has 0 N–H and O–H groups in total. The van der Waals surface area contributed by atoms with E-state index in [2.05, 4.69) is 0 Å². The average Bonchev–Trinajstić information content (AvgIpc) is 3.17. The maximum absolute atomic E-state index is 13.4. The van der Waals surface area contributed by atoms with Gasteiger partial charge in [-0.1, -0.05) is 60.7 Å². The molecule has 0 unspecified atom stereocenters. The van der Waals surface area contributed by atoms with Gasteiger partial charge in [0.15, 0.2) is 0 Å². The Morgan fingerprint density at radius 3 is 2.35 bits per heavy atom. The van der Waals surface area contributed by atoms with Crippen LogP contribution in [0.4, 0.5) is 0 Å². The van der Waals surface area contributed by atoms with Gasteiger partial charge in [0.25, 0.3) is 5.91 Å². The van der Waals surface area contributed by atoms with Crippen molar-refractivity contribution < 1.29 is 14.3 Å². The van der Waals surface area contributed by atoms with Crippen molar-refractivity contribution in [3.8, 4) is 22.9 Å². The van der Waals surface area contributed by atoms with E-state index in [0.29, 0.717) is 31.1 Å². The van der Waals surface area contributed by atoms with Crippen LogP contribution in [0.15, 0.2) is 84.9 Å². The molecule has 0 saturated heterocycles. The van der Waals surface area contributed by atoms with Gasteiger partial charge in [-0.3, -0.25) is 4.79 Å². The minimum atomic E-state index is -0.0676. The molecule has 4 rings (SSSR count). The molecule has 1 amide bonds. The number of amides is 1. The van der Waals surface area contributed by atoms with E-state index in [4.69, 9.17) is 14.6 Å². The van der Waals surface area contributed by atoms with Gasteiger partial charge in [0.1, 0.15) is 11.4 Å². The highest BCUT2D eigenvalue weighted by atomic mass is 16.5. The number of carbonyl (C=O) groups is 1. The highest BCUT2D eigenvalue weighted by molar-refractivity contribution is 5.94. The van der Waals surface area contributed by atoms with Crippen molar-refractivity contribution >= 4 is 5.91 Å². The molecule has 0 aliphatic carbocycles. The lowest BCUT2D eigenvalue weighted by molar-refractivity contribution is 0.0679. The summed E-state index contributed by atoms with van der Waals surface area (Å²) in [7, 11) is 3.50. The van der Waals surface area contributed by atoms with E-state index in [1.54, 1.807) is 16.7 Å². The number of hydrogen-bond donors (Lipinski definition) is 0. The standard InChI is InChI=1S/C28H29N3O3/c1-21-11-10-16-24(19-21)34-28-25(26(29-30(28)2)22-12-6-4-7-13-22)20-31(17-18-33-3)27(32)23-14-8-5-9-15-23/h4-16,19H,17-18,20H2,1-3H3. The molecule has 174 valence electrons. The Balaban J connectivity index is 1.77. The summed E-state index contributed by atoms with van der Waals surface area (Å²) < 4.78 is 13.4. The van der Waals surface area contributed by atoms with Gasteiger partial charge in [0, 0.05) is 31.8 Å². The Kier molecular flexibility index (Phi) is 7.40. The van der Waals surface area contributed by atoms with Crippen LogP contribution in [0.25, 0.3) is 11.3 Å². The number of rotatable bonds is 9. The smallest absolute Gasteiger partial charge is 0.254 e. The predicted molar refractivity (Wildman–Crippen MR) is 133 cm³/mol. The molecular formula is C28H29N3O3. The Morgan fingerprint density at radius 1 is 0.971 bits per heavy atom. The first kappa shape index (κ1) is 23.3. The van der Waals surface area contributed by atoms with Gasteiger partial charge >= 0.3 is 0 Å². The van der Waals surface area contributed by atoms with Crippen LogP contribution in [0.1, 0.15) is 21.5 Å². The minimum absolute atomic E-state index is 0.0676. The molecule has 0 fully saturated rings. The van der Waals surface area contributed by atoms with E-state index in [-0.39, 0.29) is 5.91 Å². The summed E-state index contributed by atoms with van der Waals surface area (Å²) in [5.41, 5.74) is 4.33. The quantitative estimate of drug-likeness (QED) is 0.336. The molecule has 0 aliphatic heterocycles. The maximum Gasteiger partial charge on any atom is 0.254 e. The average molecular weight is 456 g/mol. The van der Waals surface area contributed by atoms with Crippen molar-refractivity contribution in [3.05, 3.63) is 102 Å². The van der Waals surface area contributed by atoms with Gasteiger partial charge in [0.2, 0.25) is 5.88 Å². The molecule has 0 spiro atoms. The minimum Gasteiger partial charge on any atom is -0.439 e. The van der Waals surface area contributed by atoms with Crippen molar-refractivity contribution in [1.82, 2.24) is 14.7 Å². The fourth-order valence-corrected chi connectivity index (χ4v) is 3.85. The lowest BCUT2D eigenvalue weighted by Gasteiger charge is -2.23. The third-order valence-electron chi connectivity index (χ3n) is 5.56. The monoisotopic (exact) mass is 455 g/mol. The maximum atomic E-state index is 13.4. The number of aryl methyl sites for hydroxylation is 2. The van der Waals surface area contributed by atoms with Crippen LogP contribution < -0.4 is 4.74 Å². The lowest BCUT2D eigenvalue weighted by atomic mass is 10.1. The third-order valence-corrected chi connectivity index (χ3v) is 5.56. The second-order valence-corrected chi connectivity index (χ2v) is 8.13. The van der Waals surface area contributed by atoms with Crippen LogP contribution in [0, 0.1) is 6.92 Å². The van der Waals surface area contributed by atoms with Gasteiger partial charge < -0.3 is 14.4 Å². The summed E-state index contributed by atoms with van der Waals surface area (Å²) >= 11 is 0. The zero-order chi connectivity index (χ0) is 23.9. The number of hydrogen-bond acceptors (Lipinski definition) is 4. The van der Waals surface area contributed by atoms with E-state index >= 15 is 0 Å². The normalized spacial score (nSPS) is 10.8. The molecule has 0 bridgehead atoms. The van der Waals surface area contributed by atoms with Crippen molar-refractivity contribution in [3.63, 3.8) is 0 Å². The van der Waals surface area contributed by atoms with Crippen molar-refractivity contribution in [2.75, 3.05) is 20.3 Å². The van der Waals surface area contributed by atoms with Crippen LogP contribution in [-0.4, -0.2) is 40.8 Å². The van der Waals surface area contributed by atoms with Crippen molar-refractivity contribution in [2.45, 2.75) is 13.5 Å². The first-order valence-corrected chi connectivity index (χ1v) is 11.3. The van der Waals surface area contributed by atoms with Crippen LogP contribution in [0.5, 0.6) is 11.6 Å². The fraction of sp³-hybridized carbons (Fsp3) is 0.214. The SMILES string of the molecule is COCCN(Cc1c(-c2ccccc2)nn(C)c1Oc1cccc(C)c1)C(=O)c1ccccc1. The van der Waals surface area contributed by atoms with E-state index in [0.717, 1.165) is 28.1 Å². The zero-order valence-corrected chi connectivity index (χ0v) is 19.8. The van der Waals surface area contributed by atoms with Gasteiger partial charge in [-0.2, -0.15) is 5.10 Å². The highest BCUT2D eigenvalue weighted by Crippen LogP contribution is 2.34. The number of nitrogens with zero attached hydrogens (tertiary/aromatic N) is 3. The van der Waals surface area contributed by atoms with Gasteiger partial charge in [-0.05, 0) is 36.8 Å². The summed E-state index contributed by atoms with van der Waals surface area (Å²) in [6.07, 6.45) is 0. The summed E-state index contributed by atoms with van der Waals surface area (Å²) in [4.78, 5) is 15.2. The van der Waals surface area contributed by atoms with Gasteiger partial charge in [0.05, 0.1) is 18.7 Å². The summed E-state index contributed by atoms with van der Waals surface area (Å²) in [6.45, 7) is 3.22. The number of methoxy groups -OCH3 is 1. The molecule has 1 aromatic heterocycles. The molecule has 6 nitrogen and oxygen atoms in total. The van der Waals surface area contributed by atoms with Crippen molar-refractivity contribution in [1.29, 1.82) is 0 Å². The van der Waals surface area contributed by atoms with E-state index < -0.39 is 0 Å².